The van der Waals surface area contributed by atoms with Crippen molar-refractivity contribution in [1.29, 1.82) is 0 Å². The molecule has 0 aliphatic carbocycles. The summed E-state index contributed by atoms with van der Waals surface area (Å²) < 4.78 is 18.8. The van der Waals surface area contributed by atoms with Crippen LogP contribution in [0.15, 0.2) is 64.3 Å². The minimum atomic E-state index is -0.378. The highest BCUT2D eigenvalue weighted by Gasteiger charge is 2.19. The van der Waals surface area contributed by atoms with Gasteiger partial charge in [0.2, 0.25) is 5.91 Å². The Bertz CT molecular complexity index is 1110. The monoisotopic (exact) mass is 381 g/mol. The van der Waals surface area contributed by atoms with Crippen molar-refractivity contribution < 1.29 is 13.6 Å². The number of benzene rings is 2. The van der Waals surface area contributed by atoms with Crippen LogP contribution in [0.4, 0.5) is 4.39 Å². The molecular formula is C20H16FN3O2S. The molecule has 0 aliphatic rings. The van der Waals surface area contributed by atoms with Crippen molar-refractivity contribution >= 4 is 39.7 Å². The highest BCUT2D eigenvalue weighted by atomic mass is 32.2. The number of hydrogen-bond donors (Lipinski definition) is 1. The van der Waals surface area contributed by atoms with E-state index in [1.807, 2.05) is 24.3 Å². The minimum Gasteiger partial charge on any atom is -0.451 e. The van der Waals surface area contributed by atoms with Crippen molar-refractivity contribution in [2.24, 2.45) is 0 Å². The molecular weight excluding hydrogens is 365 g/mol. The van der Waals surface area contributed by atoms with Crippen LogP contribution < -0.4 is 5.32 Å². The van der Waals surface area contributed by atoms with Gasteiger partial charge in [-0.1, -0.05) is 36.0 Å². The molecule has 0 radical (unpaired) electrons. The number of thioether (sulfide) groups is 1. The Morgan fingerprint density at radius 3 is 2.78 bits per heavy atom. The van der Waals surface area contributed by atoms with E-state index in [0.29, 0.717) is 17.2 Å². The summed E-state index contributed by atoms with van der Waals surface area (Å²) in [6.07, 6.45) is 1.48. The number of hydrogen-bond acceptors (Lipinski definition) is 5. The highest BCUT2D eigenvalue weighted by Crippen LogP contribution is 2.33. The van der Waals surface area contributed by atoms with Crippen LogP contribution in [0.3, 0.4) is 0 Å². The molecule has 0 aliphatic heterocycles. The predicted octanol–water partition coefficient (Wildman–Crippen LogP) is 4.31. The summed E-state index contributed by atoms with van der Waals surface area (Å²) in [6.45, 7) is 2.15. The molecule has 0 saturated carbocycles. The molecule has 0 fully saturated rings. The van der Waals surface area contributed by atoms with Gasteiger partial charge in [-0.2, -0.15) is 0 Å². The number of nitrogens with one attached hydrogen (secondary N) is 1. The minimum absolute atomic E-state index is 0.132. The summed E-state index contributed by atoms with van der Waals surface area (Å²) in [4.78, 5) is 21.0. The molecule has 4 aromatic rings. The molecule has 1 N–H and O–H groups in total. The zero-order valence-corrected chi connectivity index (χ0v) is 15.3. The molecule has 0 saturated heterocycles. The number of aromatic nitrogens is 2. The van der Waals surface area contributed by atoms with Crippen LogP contribution in [0, 0.1) is 5.82 Å². The van der Waals surface area contributed by atoms with Crippen LogP contribution in [0.2, 0.25) is 0 Å². The summed E-state index contributed by atoms with van der Waals surface area (Å²) in [5.41, 5.74) is 2.90. The summed E-state index contributed by atoms with van der Waals surface area (Å²) in [5.74, 6) is -0.431. The van der Waals surface area contributed by atoms with Crippen LogP contribution in [0.1, 0.15) is 12.5 Å². The largest absolute Gasteiger partial charge is 0.451 e. The number of amides is 1. The van der Waals surface area contributed by atoms with E-state index in [1.54, 1.807) is 19.1 Å². The molecule has 0 unspecified atom stereocenters. The number of halogens is 1. The second kappa shape index (κ2) is 7.36. The van der Waals surface area contributed by atoms with Gasteiger partial charge in [0.15, 0.2) is 5.58 Å². The highest BCUT2D eigenvalue weighted by molar-refractivity contribution is 8.00. The van der Waals surface area contributed by atoms with Gasteiger partial charge in [0.1, 0.15) is 28.3 Å². The van der Waals surface area contributed by atoms with Gasteiger partial charge in [-0.3, -0.25) is 4.79 Å². The Morgan fingerprint density at radius 2 is 1.96 bits per heavy atom. The summed E-state index contributed by atoms with van der Waals surface area (Å²) in [7, 11) is 0. The Balaban J connectivity index is 1.49. The summed E-state index contributed by atoms with van der Waals surface area (Å²) in [5, 5.41) is 4.03. The lowest BCUT2D eigenvalue weighted by atomic mass is 10.2. The number of nitrogens with zero attached hydrogens (tertiary/aromatic N) is 2. The maximum Gasteiger partial charge on any atom is 0.233 e. The average Bonchev–Trinajstić information content (AvgIpc) is 3.07. The van der Waals surface area contributed by atoms with E-state index in [0.717, 1.165) is 22.0 Å². The molecule has 0 spiro atoms. The normalized spacial score (nSPS) is 12.4. The third-order valence-corrected chi connectivity index (χ3v) is 5.24. The van der Waals surface area contributed by atoms with E-state index in [4.69, 9.17) is 4.42 Å². The molecule has 1 atom stereocenters. The first kappa shape index (κ1) is 17.5. The first-order chi connectivity index (χ1) is 13.1. The second-order valence-corrected chi connectivity index (χ2v) is 7.39. The molecule has 4 rings (SSSR count). The fraction of sp³-hybridized carbons (Fsp3) is 0.150. The van der Waals surface area contributed by atoms with E-state index in [9.17, 15) is 9.18 Å². The molecule has 0 bridgehead atoms. The van der Waals surface area contributed by atoms with Gasteiger partial charge in [-0.05, 0) is 36.8 Å². The molecule has 136 valence electrons. The fourth-order valence-electron chi connectivity index (χ4n) is 2.74. The van der Waals surface area contributed by atoms with Gasteiger partial charge < -0.3 is 9.73 Å². The van der Waals surface area contributed by atoms with Crippen LogP contribution >= 0.6 is 11.8 Å². The fourth-order valence-corrected chi connectivity index (χ4v) is 3.62. The van der Waals surface area contributed by atoms with Crippen molar-refractivity contribution in [3.8, 4) is 0 Å². The maximum atomic E-state index is 12.9. The number of furan rings is 1. The topological polar surface area (TPSA) is 68.0 Å². The van der Waals surface area contributed by atoms with E-state index in [2.05, 4.69) is 15.3 Å². The molecule has 2 aromatic carbocycles. The maximum absolute atomic E-state index is 12.9. The molecule has 2 heterocycles. The smallest absolute Gasteiger partial charge is 0.233 e. The Hall–Kier alpha value is -2.93. The number of fused-ring (bicyclic) bond motifs is 3. The third kappa shape index (κ3) is 3.64. The number of rotatable bonds is 5. The number of carbonyl (C=O) groups is 1. The van der Waals surface area contributed by atoms with E-state index in [1.165, 1.54) is 30.2 Å². The summed E-state index contributed by atoms with van der Waals surface area (Å²) in [6, 6.07) is 13.7. The second-order valence-electron chi connectivity index (χ2n) is 6.06. The van der Waals surface area contributed by atoms with E-state index < -0.39 is 0 Å². The lowest BCUT2D eigenvalue weighted by molar-refractivity contribution is -0.120. The number of carbonyl (C=O) groups excluding carboxylic acids is 1. The van der Waals surface area contributed by atoms with Crippen molar-refractivity contribution in [2.75, 3.05) is 0 Å². The molecule has 27 heavy (non-hydrogen) atoms. The molecule has 2 aromatic heterocycles. The van der Waals surface area contributed by atoms with Crippen molar-refractivity contribution in [2.45, 2.75) is 23.7 Å². The summed E-state index contributed by atoms with van der Waals surface area (Å²) >= 11 is 1.32. The van der Waals surface area contributed by atoms with Gasteiger partial charge in [-0.15, -0.1) is 0 Å². The van der Waals surface area contributed by atoms with Crippen LogP contribution in [-0.2, 0) is 11.3 Å². The quantitative estimate of drug-likeness (QED) is 0.412. The molecule has 1 amide bonds. The van der Waals surface area contributed by atoms with Gasteiger partial charge in [0.25, 0.3) is 0 Å². The van der Waals surface area contributed by atoms with Crippen molar-refractivity contribution in [3.63, 3.8) is 0 Å². The van der Waals surface area contributed by atoms with E-state index in [-0.39, 0.29) is 17.0 Å². The SMILES string of the molecule is C[C@@H](Sc1ncnc2c1oc1ccccc12)C(=O)NCc1ccc(F)cc1. The van der Waals surface area contributed by atoms with Crippen LogP contribution in [0.25, 0.3) is 22.1 Å². The lowest BCUT2D eigenvalue weighted by Crippen LogP contribution is -2.30. The van der Waals surface area contributed by atoms with Crippen LogP contribution in [0.5, 0.6) is 0 Å². The van der Waals surface area contributed by atoms with Crippen molar-refractivity contribution in [3.05, 3.63) is 66.2 Å². The molecule has 7 heteroatoms. The predicted molar refractivity (Wildman–Crippen MR) is 103 cm³/mol. The van der Waals surface area contributed by atoms with Gasteiger partial charge in [-0.25, -0.2) is 14.4 Å². The van der Waals surface area contributed by atoms with Gasteiger partial charge in [0, 0.05) is 11.9 Å². The lowest BCUT2D eigenvalue weighted by Gasteiger charge is -2.11. The van der Waals surface area contributed by atoms with Crippen molar-refractivity contribution in [1.82, 2.24) is 15.3 Å². The number of para-hydroxylation sites is 1. The zero-order chi connectivity index (χ0) is 18.8. The standard InChI is InChI=1S/C20H16FN3O2S/c1-12(19(25)22-10-13-6-8-14(21)9-7-13)27-20-18-17(23-11-24-20)15-4-2-3-5-16(15)26-18/h2-9,11-12H,10H2,1H3,(H,22,25)/t12-/m1/s1. The third-order valence-electron chi connectivity index (χ3n) is 4.16. The Morgan fingerprint density at radius 1 is 1.19 bits per heavy atom. The zero-order valence-electron chi connectivity index (χ0n) is 14.5. The molecule has 5 nitrogen and oxygen atoms in total. The van der Waals surface area contributed by atoms with E-state index >= 15 is 0 Å². The first-order valence-electron chi connectivity index (χ1n) is 8.43. The van der Waals surface area contributed by atoms with Gasteiger partial charge in [0.05, 0.1) is 5.25 Å². The first-order valence-corrected chi connectivity index (χ1v) is 9.31. The van der Waals surface area contributed by atoms with Gasteiger partial charge >= 0.3 is 0 Å². The Labute approximate surface area is 159 Å². The van der Waals surface area contributed by atoms with Crippen LogP contribution in [-0.4, -0.2) is 21.1 Å². The average molecular weight is 381 g/mol. The Kier molecular flexibility index (Phi) is 4.77.